The van der Waals surface area contributed by atoms with Crippen LogP contribution in [0.2, 0.25) is 5.02 Å². The molecule has 0 saturated carbocycles. The average Bonchev–Trinajstić information content (AvgIpc) is 2.41. The summed E-state index contributed by atoms with van der Waals surface area (Å²) in [6.45, 7) is 1.87. The van der Waals surface area contributed by atoms with Gasteiger partial charge in [0.2, 0.25) is 11.8 Å². The van der Waals surface area contributed by atoms with E-state index in [2.05, 4.69) is 4.98 Å². The largest absolute Gasteiger partial charge is 0.481 e. The molecular formula is C14H15ClN2O2. The van der Waals surface area contributed by atoms with E-state index in [-0.39, 0.29) is 6.04 Å². The van der Waals surface area contributed by atoms with Crippen LogP contribution in [0.15, 0.2) is 36.4 Å². The summed E-state index contributed by atoms with van der Waals surface area (Å²) in [6.07, 6.45) is 0. The molecule has 0 aliphatic rings. The number of nitrogens with two attached hydrogens (primary N) is 1. The second-order valence-corrected chi connectivity index (χ2v) is 4.53. The van der Waals surface area contributed by atoms with Crippen LogP contribution in [0.4, 0.5) is 0 Å². The highest BCUT2D eigenvalue weighted by Crippen LogP contribution is 2.27. The number of hydrogen-bond acceptors (Lipinski definition) is 4. The molecule has 0 saturated heterocycles. The van der Waals surface area contributed by atoms with E-state index in [9.17, 15) is 0 Å². The molecule has 4 nitrogen and oxygen atoms in total. The Labute approximate surface area is 117 Å². The van der Waals surface area contributed by atoms with Crippen molar-refractivity contribution in [3.63, 3.8) is 0 Å². The molecule has 1 aromatic heterocycles. The summed E-state index contributed by atoms with van der Waals surface area (Å²) in [5, 5.41) is 0.658. The molecule has 0 fully saturated rings. The fourth-order valence-corrected chi connectivity index (χ4v) is 1.75. The first kappa shape index (κ1) is 13.6. The summed E-state index contributed by atoms with van der Waals surface area (Å²) in [4.78, 5) is 4.27. The van der Waals surface area contributed by atoms with Crippen molar-refractivity contribution in [1.82, 2.24) is 4.98 Å². The molecule has 2 N–H and O–H groups in total. The molecule has 1 unspecified atom stereocenters. The molecule has 2 rings (SSSR count). The van der Waals surface area contributed by atoms with Crippen molar-refractivity contribution in [2.24, 2.45) is 5.73 Å². The second-order valence-electron chi connectivity index (χ2n) is 4.09. The van der Waals surface area contributed by atoms with Gasteiger partial charge in [0.05, 0.1) is 7.11 Å². The molecule has 5 heteroatoms. The van der Waals surface area contributed by atoms with Crippen molar-refractivity contribution in [3.8, 4) is 17.5 Å². The van der Waals surface area contributed by atoms with Crippen LogP contribution in [0.25, 0.3) is 0 Å². The summed E-state index contributed by atoms with van der Waals surface area (Å²) in [6, 6.07) is 10.5. The second kappa shape index (κ2) is 5.91. The van der Waals surface area contributed by atoms with E-state index in [4.69, 9.17) is 26.8 Å². The third kappa shape index (κ3) is 3.36. The minimum absolute atomic E-state index is 0.146. The van der Waals surface area contributed by atoms with E-state index in [1.807, 2.05) is 13.0 Å². The lowest BCUT2D eigenvalue weighted by Crippen LogP contribution is -2.08. The fraction of sp³-hybridized carbons (Fsp3) is 0.214. The SMILES string of the molecule is COc1nc(Oc2ccc(Cl)cc2)ccc1C(C)N. The zero-order valence-electron chi connectivity index (χ0n) is 10.8. The molecule has 1 atom stereocenters. The lowest BCUT2D eigenvalue weighted by Gasteiger charge is -2.12. The summed E-state index contributed by atoms with van der Waals surface area (Å²) in [5.74, 6) is 1.58. The van der Waals surface area contributed by atoms with Gasteiger partial charge >= 0.3 is 0 Å². The zero-order valence-corrected chi connectivity index (χ0v) is 11.5. The Bertz CT molecular complexity index is 556. The minimum atomic E-state index is -0.146. The number of hydrogen-bond donors (Lipinski definition) is 1. The van der Waals surface area contributed by atoms with E-state index in [0.29, 0.717) is 22.5 Å². The van der Waals surface area contributed by atoms with Crippen molar-refractivity contribution in [3.05, 3.63) is 47.0 Å². The lowest BCUT2D eigenvalue weighted by molar-refractivity contribution is 0.376. The van der Waals surface area contributed by atoms with Crippen molar-refractivity contribution in [2.75, 3.05) is 7.11 Å². The van der Waals surface area contributed by atoms with Crippen LogP contribution in [-0.4, -0.2) is 12.1 Å². The van der Waals surface area contributed by atoms with Gasteiger partial charge in [-0.05, 0) is 37.3 Å². The molecule has 0 aliphatic carbocycles. The molecule has 0 bridgehead atoms. The third-order valence-electron chi connectivity index (χ3n) is 2.58. The Morgan fingerprint density at radius 2 is 1.84 bits per heavy atom. The number of methoxy groups -OCH3 is 1. The highest BCUT2D eigenvalue weighted by atomic mass is 35.5. The van der Waals surface area contributed by atoms with Gasteiger partial charge in [-0.2, -0.15) is 4.98 Å². The number of aromatic nitrogens is 1. The number of pyridine rings is 1. The minimum Gasteiger partial charge on any atom is -0.481 e. The van der Waals surface area contributed by atoms with E-state index >= 15 is 0 Å². The third-order valence-corrected chi connectivity index (χ3v) is 2.84. The van der Waals surface area contributed by atoms with Crippen molar-refractivity contribution < 1.29 is 9.47 Å². The van der Waals surface area contributed by atoms with Gasteiger partial charge in [0.1, 0.15) is 5.75 Å². The molecule has 0 spiro atoms. The maximum atomic E-state index is 5.83. The maximum Gasteiger partial charge on any atom is 0.222 e. The molecule has 1 heterocycles. The van der Waals surface area contributed by atoms with Gasteiger partial charge in [0.25, 0.3) is 0 Å². The van der Waals surface area contributed by atoms with E-state index in [1.165, 1.54) is 0 Å². The van der Waals surface area contributed by atoms with Crippen LogP contribution < -0.4 is 15.2 Å². The van der Waals surface area contributed by atoms with Gasteiger partial charge in [0, 0.05) is 22.7 Å². The summed E-state index contributed by atoms with van der Waals surface area (Å²) < 4.78 is 10.8. The molecule has 2 aromatic rings. The predicted octanol–water partition coefficient (Wildman–Crippen LogP) is 3.56. The van der Waals surface area contributed by atoms with Crippen molar-refractivity contribution in [1.29, 1.82) is 0 Å². The molecule has 19 heavy (non-hydrogen) atoms. The normalized spacial score (nSPS) is 12.0. The van der Waals surface area contributed by atoms with Crippen LogP contribution in [0, 0.1) is 0 Å². The van der Waals surface area contributed by atoms with Gasteiger partial charge in [-0.3, -0.25) is 0 Å². The molecule has 0 radical (unpaired) electrons. The first-order valence-corrected chi connectivity index (χ1v) is 6.22. The van der Waals surface area contributed by atoms with Gasteiger partial charge in [-0.1, -0.05) is 11.6 Å². The number of benzene rings is 1. The standard InChI is InChI=1S/C14H15ClN2O2/c1-9(16)12-7-8-13(17-14(12)18-2)19-11-5-3-10(15)4-6-11/h3-9H,16H2,1-2H3. The first-order chi connectivity index (χ1) is 9.10. The number of nitrogens with zero attached hydrogens (tertiary/aromatic N) is 1. The smallest absolute Gasteiger partial charge is 0.222 e. The quantitative estimate of drug-likeness (QED) is 0.929. The summed E-state index contributed by atoms with van der Waals surface area (Å²) in [5.41, 5.74) is 6.67. The Kier molecular flexibility index (Phi) is 4.24. The van der Waals surface area contributed by atoms with Crippen molar-refractivity contribution >= 4 is 11.6 Å². The number of halogens is 1. The molecule has 0 amide bonds. The Balaban J connectivity index is 2.24. The summed E-state index contributed by atoms with van der Waals surface area (Å²) in [7, 11) is 1.56. The van der Waals surface area contributed by atoms with Crippen LogP contribution in [0.3, 0.4) is 0 Å². The van der Waals surface area contributed by atoms with Crippen LogP contribution >= 0.6 is 11.6 Å². The fourth-order valence-electron chi connectivity index (χ4n) is 1.62. The number of ether oxygens (including phenoxy) is 2. The van der Waals surface area contributed by atoms with Gasteiger partial charge in [-0.15, -0.1) is 0 Å². The lowest BCUT2D eigenvalue weighted by atomic mass is 10.1. The van der Waals surface area contributed by atoms with Crippen molar-refractivity contribution in [2.45, 2.75) is 13.0 Å². The summed E-state index contributed by atoms with van der Waals surface area (Å²) >= 11 is 5.81. The Morgan fingerprint density at radius 1 is 1.16 bits per heavy atom. The number of rotatable bonds is 4. The topological polar surface area (TPSA) is 57.4 Å². The van der Waals surface area contributed by atoms with Gasteiger partial charge < -0.3 is 15.2 Å². The monoisotopic (exact) mass is 278 g/mol. The van der Waals surface area contributed by atoms with E-state index in [0.717, 1.165) is 5.56 Å². The van der Waals surface area contributed by atoms with Gasteiger partial charge in [-0.25, -0.2) is 0 Å². The predicted molar refractivity (Wildman–Crippen MR) is 74.9 cm³/mol. The van der Waals surface area contributed by atoms with E-state index in [1.54, 1.807) is 37.4 Å². The zero-order chi connectivity index (χ0) is 13.8. The Hall–Kier alpha value is -1.78. The molecule has 100 valence electrons. The molecule has 1 aromatic carbocycles. The molecule has 0 aliphatic heterocycles. The first-order valence-electron chi connectivity index (χ1n) is 5.84. The van der Waals surface area contributed by atoms with Crippen LogP contribution in [0.1, 0.15) is 18.5 Å². The Morgan fingerprint density at radius 3 is 2.42 bits per heavy atom. The highest BCUT2D eigenvalue weighted by Gasteiger charge is 2.11. The van der Waals surface area contributed by atoms with Gasteiger partial charge in [0.15, 0.2) is 0 Å². The highest BCUT2D eigenvalue weighted by molar-refractivity contribution is 6.30. The van der Waals surface area contributed by atoms with Crippen LogP contribution in [0.5, 0.6) is 17.5 Å². The average molecular weight is 279 g/mol. The van der Waals surface area contributed by atoms with E-state index < -0.39 is 0 Å². The molecular weight excluding hydrogens is 264 g/mol. The van der Waals surface area contributed by atoms with Crippen LogP contribution in [-0.2, 0) is 0 Å². The maximum absolute atomic E-state index is 5.83.